The Balaban J connectivity index is 1.30. The van der Waals surface area contributed by atoms with Crippen molar-refractivity contribution in [2.75, 3.05) is 23.8 Å². The number of benzene rings is 3. The molecule has 1 aliphatic heterocycles. The summed E-state index contributed by atoms with van der Waals surface area (Å²) in [6.07, 6.45) is 1.58. The molecule has 4 rings (SSSR count). The number of imide groups is 1. The van der Waals surface area contributed by atoms with Crippen molar-refractivity contribution in [3.05, 3.63) is 94.4 Å². The molecular weight excluding hydrogens is 490 g/mol. The Morgan fingerprint density at radius 2 is 1.57 bits per heavy atom. The quantitative estimate of drug-likeness (QED) is 0.409. The van der Waals surface area contributed by atoms with Crippen molar-refractivity contribution in [1.29, 1.82) is 0 Å². The van der Waals surface area contributed by atoms with Crippen LogP contribution in [-0.4, -0.2) is 41.0 Å². The molecule has 0 radical (unpaired) electrons. The van der Waals surface area contributed by atoms with Gasteiger partial charge in [-0.25, -0.2) is 0 Å². The van der Waals surface area contributed by atoms with Gasteiger partial charge in [-0.3, -0.25) is 24.1 Å². The number of nitrogens with zero attached hydrogens (tertiary/aromatic N) is 1. The summed E-state index contributed by atoms with van der Waals surface area (Å²) in [4.78, 5) is 50.7. The van der Waals surface area contributed by atoms with E-state index in [1.165, 1.54) is 0 Å². The van der Waals surface area contributed by atoms with Gasteiger partial charge < -0.3 is 15.4 Å². The van der Waals surface area contributed by atoms with E-state index in [1.807, 2.05) is 44.2 Å². The smallest absolute Gasteiger partial charge is 0.294 e. The van der Waals surface area contributed by atoms with E-state index in [-0.39, 0.29) is 24.0 Å². The van der Waals surface area contributed by atoms with Crippen molar-refractivity contribution in [3.8, 4) is 5.75 Å². The van der Waals surface area contributed by atoms with E-state index in [0.717, 1.165) is 27.8 Å². The molecule has 0 spiro atoms. The van der Waals surface area contributed by atoms with Crippen LogP contribution in [0.5, 0.6) is 5.75 Å². The average molecular weight is 516 g/mol. The topological polar surface area (TPSA) is 105 Å². The molecule has 3 aromatic rings. The molecule has 0 aromatic heterocycles. The molecule has 1 fully saturated rings. The minimum atomic E-state index is -0.526. The van der Waals surface area contributed by atoms with Gasteiger partial charge in [0.05, 0.1) is 4.91 Å². The van der Waals surface area contributed by atoms with Crippen molar-refractivity contribution < 1.29 is 23.9 Å². The molecule has 188 valence electrons. The van der Waals surface area contributed by atoms with E-state index in [0.29, 0.717) is 22.7 Å². The lowest BCUT2D eigenvalue weighted by atomic mass is 10.2. The molecule has 0 bridgehead atoms. The number of aryl methyl sites for hydroxylation is 2. The molecule has 8 nitrogen and oxygen atoms in total. The molecule has 9 heteroatoms. The third kappa shape index (κ3) is 7.08. The second kappa shape index (κ2) is 11.6. The predicted octanol–water partition coefficient (Wildman–Crippen LogP) is 5.00. The van der Waals surface area contributed by atoms with Gasteiger partial charge in [0.15, 0.2) is 6.61 Å². The number of nitrogens with one attached hydrogen (secondary N) is 2. The zero-order chi connectivity index (χ0) is 26.4. The van der Waals surface area contributed by atoms with Gasteiger partial charge in [0.25, 0.3) is 17.1 Å². The molecule has 0 atom stereocenters. The molecule has 1 aliphatic rings. The van der Waals surface area contributed by atoms with E-state index < -0.39 is 17.1 Å². The molecule has 2 N–H and O–H groups in total. The van der Waals surface area contributed by atoms with E-state index >= 15 is 0 Å². The summed E-state index contributed by atoms with van der Waals surface area (Å²) in [6, 6.07) is 21.5. The highest BCUT2D eigenvalue weighted by Gasteiger charge is 2.36. The maximum atomic E-state index is 12.7. The fourth-order valence-electron chi connectivity index (χ4n) is 3.50. The van der Waals surface area contributed by atoms with Crippen LogP contribution in [0.2, 0.25) is 0 Å². The summed E-state index contributed by atoms with van der Waals surface area (Å²) >= 11 is 0.781. The number of carbonyl (C=O) groups is 4. The van der Waals surface area contributed by atoms with Crippen molar-refractivity contribution in [2.24, 2.45) is 0 Å². The van der Waals surface area contributed by atoms with E-state index in [1.54, 1.807) is 48.5 Å². The lowest BCUT2D eigenvalue weighted by molar-refractivity contribution is -0.127. The number of carbonyl (C=O) groups excluding carboxylic acids is 4. The van der Waals surface area contributed by atoms with Gasteiger partial charge in [-0.05, 0) is 79.2 Å². The number of amides is 4. The minimum absolute atomic E-state index is 0.156. The van der Waals surface area contributed by atoms with Crippen LogP contribution in [0.15, 0.2) is 77.7 Å². The van der Waals surface area contributed by atoms with Crippen molar-refractivity contribution in [2.45, 2.75) is 13.8 Å². The highest BCUT2D eigenvalue weighted by atomic mass is 32.2. The standard InChI is InChI=1S/C28H25N3O5S/c1-18-6-10-21(11-7-18)29-25(32)16-31-27(34)24(37-28(31)35)15-20-8-12-23(13-9-20)36-17-26(33)30-22-5-3-4-19(2)14-22/h3-15H,16-17H2,1-2H3,(H,29,32)(H,30,33)/b24-15+. The molecule has 37 heavy (non-hydrogen) atoms. The van der Waals surface area contributed by atoms with Crippen LogP contribution in [0.4, 0.5) is 16.2 Å². The van der Waals surface area contributed by atoms with Gasteiger partial charge >= 0.3 is 0 Å². The van der Waals surface area contributed by atoms with Crippen LogP contribution < -0.4 is 15.4 Å². The maximum absolute atomic E-state index is 12.7. The second-order valence-corrected chi connectivity index (χ2v) is 9.45. The van der Waals surface area contributed by atoms with Gasteiger partial charge in [0.2, 0.25) is 5.91 Å². The van der Waals surface area contributed by atoms with E-state index in [9.17, 15) is 19.2 Å². The summed E-state index contributed by atoms with van der Waals surface area (Å²) in [6.45, 7) is 3.35. The van der Waals surface area contributed by atoms with Crippen molar-refractivity contribution in [1.82, 2.24) is 4.90 Å². The van der Waals surface area contributed by atoms with Crippen LogP contribution in [0, 0.1) is 13.8 Å². The van der Waals surface area contributed by atoms with Crippen LogP contribution in [0.25, 0.3) is 6.08 Å². The largest absolute Gasteiger partial charge is 0.484 e. The first-order chi connectivity index (χ1) is 17.8. The molecule has 0 unspecified atom stereocenters. The van der Waals surface area contributed by atoms with Crippen LogP contribution in [0.3, 0.4) is 0 Å². The normalized spacial score (nSPS) is 14.1. The Labute approximate surface area is 218 Å². The fraction of sp³-hybridized carbons (Fsp3) is 0.143. The zero-order valence-electron chi connectivity index (χ0n) is 20.3. The third-order valence-corrected chi connectivity index (χ3v) is 6.27. The summed E-state index contributed by atoms with van der Waals surface area (Å²) in [5.41, 5.74) is 4.06. The zero-order valence-corrected chi connectivity index (χ0v) is 21.1. The molecule has 4 amide bonds. The molecule has 0 aliphatic carbocycles. The predicted molar refractivity (Wildman–Crippen MR) is 144 cm³/mol. The SMILES string of the molecule is Cc1ccc(NC(=O)CN2C(=O)S/C(=C/c3ccc(OCC(=O)Nc4cccc(C)c4)cc3)C2=O)cc1. The highest BCUT2D eigenvalue weighted by molar-refractivity contribution is 8.18. The number of rotatable bonds is 8. The molecular formula is C28H25N3O5S. The van der Waals surface area contributed by atoms with E-state index in [2.05, 4.69) is 10.6 Å². The van der Waals surface area contributed by atoms with Crippen molar-refractivity contribution >= 4 is 52.2 Å². The van der Waals surface area contributed by atoms with Gasteiger partial charge in [-0.15, -0.1) is 0 Å². The van der Waals surface area contributed by atoms with Crippen LogP contribution in [-0.2, 0) is 14.4 Å². The molecule has 0 saturated carbocycles. The second-order valence-electron chi connectivity index (χ2n) is 8.46. The van der Waals surface area contributed by atoms with Gasteiger partial charge in [0, 0.05) is 11.4 Å². The summed E-state index contributed by atoms with van der Waals surface area (Å²) in [5, 5.41) is 4.96. The Hall–Kier alpha value is -4.37. The number of anilines is 2. The number of hydrogen-bond acceptors (Lipinski definition) is 6. The summed E-state index contributed by atoms with van der Waals surface area (Å²) in [7, 11) is 0. The maximum Gasteiger partial charge on any atom is 0.294 e. The van der Waals surface area contributed by atoms with Gasteiger partial charge in [-0.1, -0.05) is 42.0 Å². The molecule has 1 heterocycles. The van der Waals surface area contributed by atoms with Gasteiger partial charge in [-0.2, -0.15) is 0 Å². The lowest BCUT2D eigenvalue weighted by Gasteiger charge is -2.12. The third-order valence-electron chi connectivity index (χ3n) is 5.36. The highest BCUT2D eigenvalue weighted by Crippen LogP contribution is 2.32. The number of ether oxygens (including phenoxy) is 1. The molecule has 3 aromatic carbocycles. The number of thioether (sulfide) groups is 1. The first-order valence-corrected chi connectivity index (χ1v) is 12.3. The number of hydrogen-bond donors (Lipinski definition) is 2. The van der Waals surface area contributed by atoms with Crippen molar-refractivity contribution in [3.63, 3.8) is 0 Å². The Bertz CT molecular complexity index is 1370. The Morgan fingerprint density at radius 3 is 2.27 bits per heavy atom. The summed E-state index contributed by atoms with van der Waals surface area (Å²) < 4.78 is 5.54. The van der Waals surface area contributed by atoms with Crippen LogP contribution >= 0.6 is 11.8 Å². The first kappa shape index (κ1) is 25.7. The van der Waals surface area contributed by atoms with E-state index in [4.69, 9.17) is 4.74 Å². The minimum Gasteiger partial charge on any atom is -0.484 e. The fourth-order valence-corrected chi connectivity index (χ4v) is 4.34. The Morgan fingerprint density at radius 1 is 0.865 bits per heavy atom. The lowest BCUT2D eigenvalue weighted by Crippen LogP contribution is -2.36. The average Bonchev–Trinajstić information content (AvgIpc) is 3.12. The first-order valence-electron chi connectivity index (χ1n) is 11.5. The van der Waals surface area contributed by atoms with Gasteiger partial charge in [0.1, 0.15) is 12.3 Å². The monoisotopic (exact) mass is 515 g/mol. The Kier molecular flexibility index (Phi) is 8.05. The summed E-state index contributed by atoms with van der Waals surface area (Å²) in [5.74, 6) is -0.783. The van der Waals surface area contributed by atoms with Crippen LogP contribution in [0.1, 0.15) is 16.7 Å². The molecule has 1 saturated heterocycles.